The number of amides is 2. The van der Waals surface area contributed by atoms with E-state index in [0.717, 1.165) is 24.0 Å². The van der Waals surface area contributed by atoms with Gasteiger partial charge in [0.05, 0.1) is 10.9 Å². The summed E-state index contributed by atoms with van der Waals surface area (Å²) in [6.07, 6.45) is 3.16. The number of likely N-dealkylation sites (tertiary alicyclic amines) is 1. The van der Waals surface area contributed by atoms with E-state index in [4.69, 9.17) is 23.1 Å². The first-order valence-electron chi connectivity index (χ1n) is 8.06. The molecule has 7 heteroatoms. The summed E-state index contributed by atoms with van der Waals surface area (Å²) in [5.41, 5.74) is 13.3. The number of anilines is 1. The van der Waals surface area contributed by atoms with Crippen molar-refractivity contribution in [3.05, 3.63) is 47.1 Å². The SMILES string of the molecule is NC(=O)[C@@H]1CCCN(C(=O)c2ccc(-c3cnc(N)c(Cl)c3)cc2)C1. The second-order valence-electron chi connectivity index (χ2n) is 6.16. The second-order valence-corrected chi connectivity index (χ2v) is 6.57. The van der Waals surface area contributed by atoms with Crippen LogP contribution in [0.4, 0.5) is 5.82 Å². The number of rotatable bonds is 3. The van der Waals surface area contributed by atoms with Gasteiger partial charge < -0.3 is 16.4 Å². The summed E-state index contributed by atoms with van der Waals surface area (Å²) in [6, 6.07) is 8.94. The van der Waals surface area contributed by atoms with E-state index >= 15 is 0 Å². The highest BCUT2D eigenvalue weighted by Gasteiger charge is 2.27. The van der Waals surface area contributed by atoms with Crippen molar-refractivity contribution in [2.75, 3.05) is 18.8 Å². The molecule has 2 heterocycles. The van der Waals surface area contributed by atoms with Crippen molar-refractivity contribution in [1.29, 1.82) is 0 Å². The third kappa shape index (κ3) is 3.74. The maximum atomic E-state index is 12.6. The number of nitrogen functional groups attached to an aromatic ring is 1. The number of aromatic nitrogens is 1. The van der Waals surface area contributed by atoms with E-state index in [-0.39, 0.29) is 23.6 Å². The Morgan fingerprint density at radius 2 is 1.92 bits per heavy atom. The Hall–Kier alpha value is -2.60. The first-order valence-corrected chi connectivity index (χ1v) is 8.43. The Bertz CT molecular complexity index is 807. The molecule has 6 nitrogen and oxygen atoms in total. The van der Waals surface area contributed by atoms with Crippen LogP contribution in [-0.4, -0.2) is 34.8 Å². The van der Waals surface area contributed by atoms with Crippen LogP contribution in [0.15, 0.2) is 36.5 Å². The topological polar surface area (TPSA) is 102 Å². The molecule has 2 amide bonds. The van der Waals surface area contributed by atoms with Crippen LogP contribution in [0.25, 0.3) is 11.1 Å². The van der Waals surface area contributed by atoms with E-state index < -0.39 is 0 Å². The summed E-state index contributed by atoms with van der Waals surface area (Å²) in [6.45, 7) is 1.02. The van der Waals surface area contributed by atoms with Crippen molar-refractivity contribution in [2.24, 2.45) is 11.7 Å². The van der Waals surface area contributed by atoms with E-state index in [1.807, 2.05) is 12.1 Å². The van der Waals surface area contributed by atoms with Crippen LogP contribution in [0.2, 0.25) is 5.02 Å². The minimum Gasteiger partial charge on any atom is -0.382 e. The minimum absolute atomic E-state index is 0.0917. The second kappa shape index (κ2) is 7.11. The number of primary amides is 1. The molecule has 1 aromatic heterocycles. The predicted octanol–water partition coefficient (Wildman–Crippen LogP) is 2.32. The van der Waals surface area contributed by atoms with Gasteiger partial charge in [0, 0.05) is 30.4 Å². The summed E-state index contributed by atoms with van der Waals surface area (Å²) in [5, 5.41) is 0.392. The van der Waals surface area contributed by atoms with Crippen molar-refractivity contribution in [3.63, 3.8) is 0 Å². The Balaban J connectivity index is 1.76. The lowest BCUT2D eigenvalue weighted by Crippen LogP contribution is -2.44. The van der Waals surface area contributed by atoms with E-state index in [2.05, 4.69) is 4.98 Å². The molecule has 25 heavy (non-hydrogen) atoms. The molecular formula is C18H19ClN4O2. The fourth-order valence-corrected chi connectivity index (χ4v) is 3.15. The molecule has 0 radical (unpaired) electrons. The van der Waals surface area contributed by atoms with Gasteiger partial charge in [-0.2, -0.15) is 0 Å². The molecule has 1 saturated heterocycles. The van der Waals surface area contributed by atoms with Crippen LogP contribution in [0.3, 0.4) is 0 Å². The molecule has 0 aliphatic carbocycles. The lowest BCUT2D eigenvalue weighted by atomic mass is 9.96. The molecule has 0 saturated carbocycles. The number of nitrogens with zero attached hydrogens (tertiary/aromatic N) is 2. The number of pyridine rings is 1. The normalized spacial score (nSPS) is 17.3. The van der Waals surface area contributed by atoms with Gasteiger partial charge in [-0.3, -0.25) is 9.59 Å². The van der Waals surface area contributed by atoms with E-state index in [0.29, 0.717) is 23.7 Å². The quantitative estimate of drug-likeness (QED) is 0.878. The van der Waals surface area contributed by atoms with E-state index in [1.165, 1.54) is 0 Å². The summed E-state index contributed by atoms with van der Waals surface area (Å²) < 4.78 is 0. The summed E-state index contributed by atoms with van der Waals surface area (Å²) in [4.78, 5) is 29.7. The fraction of sp³-hybridized carbons (Fsp3) is 0.278. The molecule has 4 N–H and O–H groups in total. The number of hydrogen-bond acceptors (Lipinski definition) is 4. The summed E-state index contributed by atoms with van der Waals surface area (Å²) in [7, 11) is 0. The summed E-state index contributed by atoms with van der Waals surface area (Å²) in [5.74, 6) is -0.419. The highest BCUT2D eigenvalue weighted by molar-refractivity contribution is 6.33. The molecule has 0 spiro atoms. The Morgan fingerprint density at radius 3 is 2.56 bits per heavy atom. The molecule has 1 aliphatic rings. The third-order valence-electron chi connectivity index (χ3n) is 4.45. The average molecular weight is 359 g/mol. The van der Waals surface area contributed by atoms with Crippen molar-refractivity contribution in [3.8, 4) is 11.1 Å². The molecule has 2 aromatic rings. The third-order valence-corrected chi connectivity index (χ3v) is 4.75. The van der Waals surface area contributed by atoms with Gasteiger partial charge in [0.1, 0.15) is 5.82 Å². The van der Waals surface area contributed by atoms with Gasteiger partial charge in [0.2, 0.25) is 5.91 Å². The lowest BCUT2D eigenvalue weighted by Gasteiger charge is -2.31. The van der Waals surface area contributed by atoms with Gasteiger partial charge in [0.15, 0.2) is 0 Å². The lowest BCUT2D eigenvalue weighted by molar-refractivity contribution is -0.123. The molecule has 1 atom stereocenters. The molecule has 3 rings (SSSR count). The highest BCUT2D eigenvalue weighted by Crippen LogP contribution is 2.26. The molecule has 1 aromatic carbocycles. The summed E-state index contributed by atoms with van der Waals surface area (Å²) >= 11 is 6.00. The highest BCUT2D eigenvalue weighted by atomic mass is 35.5. The zero-order valence-electron chi connectivity index (χ0n) is 13.6. The standard InChI is InChI=1S/C18H19ClN4O2/c19-15-8-14(9-22-16(15)20)11-3-5-12(6-4-11)18(25)23-7-1-2-13(10-23)17(21)24/h3-6,8-9,13H,1-2,7,10H2,(H2,20,22)(H2,21,24)/t13-/m1/s1. The van der Waals surface area contributed by atoms with Crippen LogP contribution in [-0.2, 0) is 4.79 Å². The number of benzene rings is 1. The number of carbonyl (C=O) groups excluding carboxylic acids is 2. The number of carbonyl (C=O) groups is 2. The minimum atomic E-state index is -0.347. The van der Waals surface area contributed by atoms with Gasteiger partial charge >= 0.3 is 0 Å². The predicted molar refractivity (Wildman–Crippen MR) is 96.9 cm³/mol. The maximum absolute atomic E-state index is 12.6. The smallest absolute Gasteiger partial charge is 0.253 e. The monoisotopic (exact) mass is 358 g/mol. The number of hydrogen-bond donors (Lipinski definition) is 2. The van der Waals surface area contributed by atoms with Crippen molar-refractivity contribution in [2.45, 2.75) is 12.8 Å². The number of piperidine rings is 1. The molecule has 1 aliphatic heterocycles. The maximum Gasteiger partial charge on any atom is 0.253 e. The van der Waals surface area contributed by atoms with Crippen molar-refractivity contribution >= 4 is 29.2 Å². The van der Waals surface area contributed by atoms with Crippen LogP contribution in [0.5, 0.6) is 0 Å². The van der Waals surface area contributed by atoms with Gasteiger partial charge in [-0.25, -0.2) is 4.98 Å². The number of nitrogens with two attached hydrogens (primary N) is 2. The van der Waals surface area contributed by atoms with Crippen LogP contribution in [0.1, 0.15) is 23.2 Å². The van der Waals surface area contributed by atoms with Crippen LogP contribution >= 0.6 is 11.6 Å². The Morgan fingerprint density at radius 1 is 1.20 bits per heavy atom. The first-order chi connectivity index (χ1) is 12.0. The van der Waals surface area contributed by atoms with Gasteiger partial charge in [0.25, 0.3) is 5.91 Å². The van der Waals surface area contributed by atoms with E-state index in [9.17, 15) is 9.59 Å². The average Bonchev–Trinajstić information content (AvgIpc) is 2.63. The Kier molecular flexibility index (Phi) is 4.90. The Labute approximate surface area is 150 Å². The first kappa shape index (κ1) is 17.2. The fourth-order valence-electron chi connectivity index (χ4n) is 2.99. The van der Waals surface area contributed by atoms with Crippen molar-refractivity contribution in [1.82, 2.24) is 9.88 Å². The van der Waals surface area contributed by atoms with E-state index in [1.54, 1.807) is 29.3 Å². The van der Waals surface area contributed by atoms with Crippen LogP contribution in [0, 0.1) is 5.92 Å². The molecule has 1 fully saturated rings. The molecular weight excluding hydrogens is 340 g/mol. The number of halogens is 1. The molecule has 0 bridgehead atoms. The molecule has 130 valence electrons. The zero-order valence-corrected chi connectivity index (χ0v) is 14.4. The van der Waals surface area contributed by atoms with Gasteiger partial charge in [-0.1, -0.05) is 23.7 Å². The van der Waals surface area contributed by atoms with Gasteiger partial charge in [-0.05, 0) is 36.6 Å². The molecule has 0 unspecified atom stereocenters. The van der Waals surface area contributed by atoms with Crippen LogP contribution < -0.4 is 11.5 Å². The van der Waals surface area contributed by atoms with Gasteiger partial charge in [-0.15, -0.1) is 0 Å². The van der Waals surface area contributed by atoms with Crippen molar-refractivity contribution < 1.29 is 9.59 Å². The largest absolute Gasteiger partial charge is 0.382 e. The zero-order chi connectivity index (χ0) is 18.0.